The number of carbonyl (C=O) groups excluding carboxylic acids is 1. The number of phenolic OH excluding ortho intramolecular Hbond substituents is 1. The van der Waals surface area contributed by atoms with Crippen LogP contribution in [0.25, 0.3) is 28.0 Å². The fourth-order valence-corrected chi connectivity index (χ4v) is 4.90. The molecular weight excluding hydrogens is 492 g/mol. The van der Waals surface area contributed by atoms with Gasteiger partial charge in [-0.2, -0.15) is 4.98 Å². The number of nitrogens with zero attached hydrogens (tertiary/aromatic N) is 5. The summed E-state index contributed by atoms with van der Waals surface area (Å²) in [5.41, 5.74) is -0.360. The Balaban J connectivity index is 1.79. The Kier molecular flexibility index (Phi) is 6.40. The van der Waals surface area contributed by atoms with Crippen molar-refractivity contribution >= 4 is 22.8 Å². The van der Waals surface area contributed by atoms with Gasteiger partial charge in [0.1, 0.15) is 28.9 Å². The molecule has 0 radical (unpaired) electrons. The molecule has 4 aromatic rings. The summed E-state index contributed by atoms with van der Waals surface area (Å²) in [4.78, 5) is 37.9. The van der Waals surface area contributed by atoms with Crippen LogP contribution in [0.15, 0.2) is 66.0 Å². The van der Waals surface area contributed by atoms with E-state index in [1.807, 2.05) is 11.8 Å². The zero-order valence-electron chi connectivity index (χ0n) is 20.9. The molecule has 5 rings (SSSR count). The second-order valence-electron chi connectivity index (χ2n) is 9.20. The summed E-state index contributed by atoms with van der Waals surface area (Å²) < 4.78 is 31.3. The van der Waals surface area contributed by atoms with Crippen LogP contribution in [0, 0.1) is 18.6 Å². The predicted molar refractivity (Wildman–Crippen MR) is 140 cm³/mol. The highest BCUT2D eigenvalue weighted by Crippen LogP contribution is 2.34. The first kappa shape index (κ1) is 25.1. The van der Waals surface area contributed by atoms with E-state index in [1.54, 1.807) is 30.0 Å². The molecule has 1 unspecified atom stereocenters. The van der Waals surface area contributed by atoms with Crippen LogP contribution < -0.4 is 10.6 Å². The number of benzene rings is 2. The Hall–Kier alpha value is -4.60. The number of fused-ring (bicyclic) bond motifs is 1. The van der Waals surface area contributed by atoms with Gasteiger partial charge in [-0.15, -0.1) is 0 Å². The lowest BCUT2D eigenvalue weighted by Crippen LogP contribution is -2.54. The number of aromatic hydroxyl groups is 1. The van der Waals surface area contributed by atoms with Crippen molar-refractivity contribution < 1.29 is 18.7 Å². The second-order valence-corrected chi connectivity index (χ2v) is 9.20. The normalized spacial score (nSPS) is 15.6. The molecule has 0 aliphatic carbocycles. The van der Waals surface area contributed by atoms with Crippen molar-refractivity contribution in [3.05, 3.63) is 88.9 Å². The number of rotatable bonds is 4. The van der Waals surface area contributed by atoms with E-state index in [-0.39, 0.29) is 51.5 Å². The predicted octanol–water partition coefficient (Wildman–Crippen LogP) is 3.96. The third-order valence-corrected chi connectivity index (χ3v) is 6.76. The van der Waals surface area contributed by atoms with Crippen LogP contribution in [0.3, 0.4) is 0 Å². The fourth-order valence-electron chi connectivity index (χ4n) is 4.90. The molecule has 1 N–H and O–H groups in total. The van der Waals surface area contributed by atoms with Crippen molar-refractivity contribution in [2.75, 3.05) is 24.5 Å². The van der Waals surface area contributed by atoms with Crippen LogP contribution >= 0.6 is 0 Å². The van der Waals surface area contributed by atoms with Gasteiger partial charge in [0.2, 0.25) is 5.91 Å². The standard InChI is InChI=1S/C28H25F2N5O3/c1-4-23(37)33-12-13-34(17(3)15-33)26-19-14-21(30)24(18-9-5-6-10-20(18)29)31-27(19)35(28(38)32-26)25-16(2)8-7-11-22(25)36/h4-11,14,17,36H,1,12-13,15H2,2-3H3. The first-order valence-electron chi connectivity index (χ1n) is 12.1. The summed E-state index contributed by atoms with van der Waals surface area (Å²) in [6.45, 7) is 8.14. The highest BCUT2D eigenvalue weighted by Gasteiger charge is 2.30. The molecule has 2 aromatic carbocycles. The molecule has 8 nitrogen and oxygen atoms in total. The average Bonchev–Trinajstić information content (AvgIpc) is 2.89. The molecule has 2 aromatic heterocycles. The number of hydrogen-bond acceptors (Lipinski definition) is 6. The largest absolute Gasteiger partial charge is 0.506 e. The maximum atomic E-state index is 15.6. The van der Waals surface area contributed by atoms with E-state index in [2.05, 4.69) is 16.5 Å². The van der Waals surface area contributed by atoms with Crippen molar-refractivity contribution in [2.24, 2.45) is 0 Å². The molecule has 1 atom stereocenters. The number of anilines is 1. The van der Waals surface area contributed by atoms with E-state index in [9.17, 15) is 19.1 Å². The summed E-state index contributed by atoms with van der Waals surface area (Å²) >= 11 is 0. The van der Waals surface area contributed by atoms with E-state index in [4.69, 9.17) is 0 Å². The molecule has 0 spiro atoms. The first-order valence-corrected chi connectivity index (χ1v) is 12.1. The molecule has 1 fully saturated rings. The van der Waals surface area contributed by atoms with Gasteiger partial charge in [0, 0.05) is 31.2 Å². The van der Waals surface area contributed by atoms with E-state index in [0.29, 0.717) is 25.2 Å². The Morgan fingerprint density at radius 2 is 1.87 bits per heavy atom. The minimum absolute atomic E-state index is 0.0149. The van der Waals surface area contributed by atoms with Gasteiger partial charge in [-0.1, -0.05) is 30.8 Å². The van der Waals surface area contributed by atoms with Gasteiger partial charge in [-0.25, -0.2) is 23.1 Å². The summed E-state index contributed by atoms with van der Waals surface area (Å²) in [5, 5.41) is 10.9. The first-order chi connectivity index (χ1) is 18.2. The molecule has 10 heteroatoms. The number of piperazine rings is 1. The number of hydrogen-bond donors (Lipinski definition) is 1. The third kappa shape index (κ3) is 4.17. The number of aromatic nitrogens is 3. The number of phenols is 1. The monoisotopic (exact) mass is 517 g/mol. The smallest absolute Gasteiger partial charge is 0.355 e. The maximum absolute atomic E-state index is 15.6. The van der Waals surface area contributed by atoms with Crippen molar-refractivity contribution in [3.63, 3.8) is 0 Å². The summed E-state index contributed by atoms with van der Waals surface area (Å²) in [6.07, 6.45) is 1.25. The number of amides is 1. The van der Waals surface area contributed by atoms with Gasteiger partial charge in [0.05, 0.1) is 11.1 Å². The van der Waals surface area contributed by atoms with Crippen LogP contribution in [0.5, 0.6) is 5.75 Å². The van der Waals surface area contributed by atoms with Gasteiger partial charge in [-0.05, 0) is 49.8 Å². The number of halogens is 2. The zero-order valence-corrected chi connectivity index (χ0v) is 20.9. The van der Waals surface area contributed by atoms with E-state index in [1.165, 1.54) is 36.4 Å². The van der Waals surface area contributed by atoms with Crippen LogP contribution in [0.4, 0.5) is 14.6 Å². The minimum Gasteiger partial charge on any atom is -0.506 e. The summed E-state index contributed by atoms with van der Waals surface area (Å²) in [7, 11) is 0. The summed E-state index contributed by atoms with van der Waals surface area (Å²) in [6, 6.07) is 11.3. The molecule has 1 saturated heterocycles. The van der Waals surface area contributed by atoms with Crippen LogP contribution in [-0.4, -0.2) is 56.1 Å². The van der Waals surface area contributed by atoms with Crippen molar-refractivity contribution in [3.8, 4) is 22.7 Å². The van der Waals surface area contributed by atoms with Crippen molar-refractivity contribution in [2.45, 2.75) is 19.9 Å². The highest BCUT2D eigenvalue weighted by atomic mass is 19.1. The van der Waals surface area contributed by atoms with E-state index in [0.717, 1.165) is 4.57 Å². The Morgan fingerprint density at radius 1 is 1.11 bits per heavy atom. The van der Waals surface area contributed by atoms with Crippen molar-refractivity contribution in [1.82, 2.24) is 19.4 Å². The van der Waals surface area contributed by atoms with E-state index >= 15 is 4.39 Å². The molecule has 0 bridgehead atoms. The van der Waals surface area contributed by atoms with Crippen molar-refractivity contribution in [1.29, 1.82) is 0 Å². The van der Waals surface area contributed by atoms with Gasteiger partial charge in [-0.3, -0.25) is 4.79 Å². The third-order valence-electron chi connectivity index (χ3n) is 6.76. The number of pyridine rings is 1. The van der Waals surface area contributed by atoms with Gasteiger partial charge in [0.25, 0.3) is 0 Å². The second kappa shape index (κ2) is 9.70. The Labute approximate surface area is 217 Å². The molecule has 1 aliphatic heterocycles. The molecule has 0 saturated carbocycles. The molecule has 3 heterocycles. The molecule has 1 aliphatic rings. The Bertz CT molecular complexity index is 1630. The lowest BCUT2D eigenvalue weighted by atomic mass is 10.1. The van der Waals surface area contributed by atoms with E-state index < -0.39 is 17.3 Å². The number of aryl methyl sites for hydroxylation is 1. The summed E-state index contributed by atoms with van der Waals surface area (Å²) in [5.74, 6) is -1.66. The lowest BCUT2D eigenvalue weighted by Gasteiger charge is -2.40. The topological polar surface area (TPSA) is 91.6 Å². The Morgan fingerprint density at radius 3 is 2.55 bits per heavy atom. The van der Waals surface area contributed by atoms with Crippen LogP contribution in [0.1, 0.15) is 12.5 Å². The van der Waals surface area contributed by atoms with Gasteiger partial charge in [0.15, 0.2) is 5.65 Å². The lowest BCUT2D eigenvalue weighted by molar-refractivity contribution is -0.126. The van der Waals surface area contributed by atoms with Crippen LogP contribution in [-0.2, 0) is 4.79 Å². The number of carbonyl (C=O) groups is 1. The SMILES string of the molecule is C=CC(=O)N1CCN(c2nc(=O)n(-c3c(C)cccc3O)c3nc(-c4ccccc4F)c(F)cc23)C(C)C1. The quantitative estimate of drug-likeness (QED) is 0.412. The maximum Gasteiger partial charge on any atom is 0.355 e. The fraction of sp³-hybridized carbons (Fsp3) is 0.214. The van der Waals surface area contributed by atoms with Gasteiger partial charge >= 0.3 is 5.69 Å². The molecular formula is C28H25F2N5O3. The molecule has 194 valence electrons. The zero-order chi connectivity index (χ0) is 27.1. The minimum atomic E-state index is -0.794. The molecule has 1 amide bonds. The highest BCUT2D eigenvalue weighted by molar-refractivity contribution is 5.91. The molecule has 38 heavy (non-hydrogen) atoms. The van der Waals surface area contributed by atoms with Gasteiger partial charge < -0.3 is 14.9 Å². The number of para-hydroxylation sites is 1. The van der Waals surface area contributed by atoms with Crippen LogP contribution in [0.2, 0.25) is 0 Å². The average molecular weight is 518 g/mol.